The molecule has 0 aliphatic rings. The molecule has 2 N–H and O–H groups in total. The molecular weight excluding hydrogens is 256 g/mol. The zero-order valence-corrected chi connectivity index (χ0v) is 10.8. The molecule has 1 aromatic heterocycles. The summed E-state index contributed by atoms with van der Waals surface area (Å²) in [6, 6.07) is 9.24. The van der Waals surface area contributed by atoms with Crippen LogP contribution in [0.2, 0.25) is 5.02 Å². The molecule has 0 atom stereocenters. The minimum atomic E-state index is 0.625. The van der Waals surface area contributed by atoms with Gasteiger partial charge >= 0.3 is 0 Å². The highest BCUT2D eigenvalue weighted by atomic mass is 35.5. The normalized spacial score (nSPS) is 10.2. The van der Waals surface area contributed by atoms with Crippen LogP contribution in [0, 0.1) is 0 Å². The fourth-order valence-corrected chi connectivity index (χ4v) is 2.28. The lowest BCUT2D eigenvalue weighted by molar-refractivity contribution is 0.414. The Bertz CT molecular complexity index is 516. The Morgan fingerprint density at radius 3 is 2.76 bits per heavy atom. The van der Waals surface area contributed by atoms with E-state index in [1.54, 1.807) is 25.4 Å². The third kappa shape index (κ3) is 3.28. The van der Waals surface area contributed by atoms with Crippen LogP contribution in [0.1, 0.15) is 0 Å². The van der Waals surface area contributed by atoms with E-state index in [9.17, 15) is 0 Å². The molecule has 0 spiro atoms. The van der Waals surface area contributed by atoms with E-state index in [2.05, 4.69) is 4.98 Å². The number of methoxy groups -OCH3 is 1. The first kappa shape index (κ1) is 12.1. The number of hydrogen-bond acceptors (Lipinski definition) is 4. The fraction of sp³-hybridized carbons (Fsp3) is 0.0833. The quantitative estimate of drug-likeness (QED) is 0.864. The smallest absolute Gasteiger partial charge is 0.122 e. The van der Waals surface area contributed by atoms with Crippen molar-refractivity contribution in [2.45, 2.75) is 9.92 Å². The molecule has 2 aromatic rings. The summed E-state index contributed by atoms with van der Waals surface area (Å²) in [5.74, 6) is 0.737. The second-order valence-corrected chi connectivity index (χ2v) is 4.89. The van der Waals surface area contributed by atoms with E-state index < -0.39 is 0 Å². The van der Waals surface area contributed by atoms with Gasteiger partial charge in [0.25, 0.3) is 0 Å². The molecule has 0 bridgehead atoms. The summed E-state index contributed by atoms with van der Waals surface area (Å²) in [5.41, 5.74) is 6.45. The first-order valence-corrected chi connectivity index (χ1v) is 6.11. The minimum Gasteiger partial charge on any atom is -0.497 e. The summed E-state index contributed by atoms with van der Waals surface area (Å²) in [6.45, 7) is 0. The summed E-state index contributed by atoms with van der Waals surface area (Å²) in [4.78, 5) is 5.19. The molecule has 1 aromatic carbocycles. The lowest BCUT2D eigenvalue weighted by atomic mass is 10.3. The summed E-state index contributed by atoms with van der Waals surface area (Å²) >= 11 is 7.29. The summed E-state index contributed by atoms with van der Waals surface area (Å²) < 4.78 is 5.16. The molecule has 0 radical (unpaired) electrons. The Balaban J connectivity index is 2.23. The molecule has 88 valence electrons. The molecule has 3 nitrogen and oxygen atoms in total. The number of nitrogens with zero attached hydrogens (tertiary/aromatic N) is 1. The molecule has 1 heterocycles. The lowest BCUT2D eigenvalue weighted by Crippen LogP contribution is -1.89. The summed E-state index contributed by atoms with van der Waals surface area (Å²) in [5, 5.41) is 1.49. The van der Waals surface area contributed by atoms with Gasteiger partial charge in [0, 0.05) is 22.8 Å². The molecule has 0 saturated heterocycles. The third-order valence-electron chi connectivity index (χ3n) is 2.06. The monoisotopic (exact) mass is 266 g/mol. The van der Waals surface area contributed by atoms with Crippen molar-refractivity contribution < 1.29 is 4.74 Å². The second-order valence-electron chi connectivity index (χ2n) is 3.36. The van der Waals surface area contributed by atoms with Crippen molar-refractivity contribution in [2.75, 3.05) is 12.8 Å². The average Bonchev–Trinajstić information content (AvgIpc) is 2.31. The maximum atomic E-state index is 5.78. The van der Waals surface area contributed by atoms with Crippen LogP contribution in [0.15, 0.2) is 46.5 Å². The Hall–Kier alpha value is -1.39. The average molecular weight is 267 g/mol. The van der Waals surface area contributed by atoms with Gasteiger partial charge < -0.3 is 10.5 Å². The second kappa shape index (κ2) is 5.29. The van der Waals surface area contributed by atoms with Gasteiger partial charge in [-0.1, -0.05) is 23.4 Å². The number of halogens is 1. The molecule has 2 rings (SSSR count). The highest BCUT2D eigenvalue weighted by Gasteiger charge is 2.02. The van der Waals surface area contributed by atoms with Crippen molar-refractivity contribution in [3.8, 4) is 5.75 Å². The topological polar surface area (TPSA) is 48.1 Å². The van der Waals surface area contributed by atoms with Gasteiger partial charge in [0.1, 0.15) is 10.8 Å². The highest BCUT2D eigenvalue weighted by molar-refractivity contribution is 7.99. The van der Waals surface area contributed by atoms with Gasteiger partial charge in [0.2, 0.25) is 0 Å². The summed E-state index contributed by atoms with van der Waals surface area (Å²) in [6.07, 6.45) is 1.62. The van der Waals surface area contributed by atoms with Gasteiger partial charge in [-0.3, -0.25) is 0 Å². The van der Waals surface area contributed by atoms with E-state index in [0.717, 1.165) is 15.7 Å². The Morgan fingerprint density at radius 1 is 1.29 bits per heavy atom. The predicted octanol–water partition coefficient (Wildman–Crippen LogP) is 3.48. The molecule has 0 fully saturated rings. The number of benzene rings is 1. The largest absolute Gasteiger partial charge is 0.497 e. The van der Waals surface area contributed by atoms with Gasteiger partial charge in [0.05, 0.1) is 12.1 Å². The maximum Gasteiger partial charge on any atom is 0.122 e. The Morgan fingerprint density at radius 2 is 2.12 bits per heavy atom. The van der Waals surface area contributed by atoms with E-state index in [4.69, 9.17) is 22.1 Å². The number of nitrogen functional groups attached to an aromatic ring is 1. The van der Waals surface area contributed by atoms with Crippen molar-refractivity contribution in [2.24, 2.45) is 0 Å². The van der Waals surface area contributed by atoms with E-state index in [1.165, 1.54) is 11.8 Å². The number of ether oxygens (including phenoxy) is 1. The fourth-order valence-electron chi connectivity index (χ4n) is 1.31. The maximum absolute atomic E-state index is 5.78. The van der Waals surface area contributed by atoms with Crippen LogP contribution in [0.5, 0.6) is 5.75 Å². The Labute approximate surface area is 109 Å². The zero-order chi connectivity index (χ0) is 12.3. The number of nitrogens with two attached hydrogens (primary N) is 1. The zero-order valence-electron chi connectivity index (χ0n) is 9.18. The molecule has 5 heteroatoms. The number of aromatic nitrogens is 1. The van der Waals surface area contributed by atoms with Crippen molar-refractivity contribution in [3.63, 3.8) is 0 Å². The Kier molecular flexibility index (Phi) is 3.76. The third-order valence-corrected chi connectivity index (χ3v) is 3.21. The molecule has 0 unspecified atom stereocenters. The lowest BCUT2D eigenvalue weighted by Gasteiger charge is -2.06. The minimum absolute atomic E-state index is 0.625. The van der Waals surface area contributed by atoms with Crippen LogP contribution in [0.4, 0.5) is 5.69 Å². The van der Waals surface area contributed by atoms with Crippen LogP contribution in [0.3, 0.4) is 0 Å². The van der Waals surface area contributed by atoms with Crippen molar-refractivity contribution in [1.29, 1.82) is 0 Å². The first-order valence-electron chi connectivity index (χ1n) is 4.91. The summed E-state index contributed by atoms with van der Waals surface area (Å²) in [7, 11) is 1.61. The standard InChI is InChI=1S/C12H11ClN2OS/c1-16-10-4-9(14)5-11(6-10)17-12-3-2-8(13)7-15-12/h2-7H,14H2,1H3. The van der Waals surface area contributed by atoms with Crippen molar-refractivity contribution in [1.82, 2.24) is 4.98 Å². The van der Waals surface area contributed by atoms with Crippen molar-refractivity contribution >= 4 is 29.1 Å². The van der Waals surface area contributed by atoms with Crippen molar-refractivity contribution in [3.05, 3.63) is 41.6 Å². The van der Waals surface area contributed by atoms with E-state index in [0.29, 0.717) is 10.7 Å². The van der Waals surface area contributed by atoms with Gasteiger partial charge in [-0.15, -0.1) is 0 Å². The number of rotatable bonds is 3. The van der Waals surface area contributed by atoms with Gasteiger partial charge in [0.15, 0.2) is 0 Å². The molecule has 0 saturated carbocycles. The highest BCUT2D eigenvalue weighted by Crippen LogP contribution is 2.31. The first-order chi connectivity index (χ1) is 8.17. The predicted molar refractivity (Wildman–Crippen MR) is 70.8 cm³/mol. The number of anilines is 1. The van der Waals surface area contributed by atoms with Gasteiger partial charge in [-0.2, -0.15) is 0 Å². The molecule has 0 amide bonds. The van der Waals surface area contributed by atoms with Crippen LogP contribution in [-0.2, 0) is 0 Å². The van der Waals surface area contributed by atoms with Gasteiger partial charge in [-0.05, 0) is 24.3 Å². The van der Waals surface area contributed by atoms with Gasteiger partial charge in [-0.25, -0.2) is 4.98 Å². The van der Waals surface area contributed by atoms with E-state index in [1.807, 2.05) is 18.2 Å². The molecule has 0 aliphatic carbocycles. The van der Waals surface area contributed by atoms with E-state index >= 15 is 0 Å². The van der Waals surface area contributed by atoms with Crippen LogP contribution in [0.25, 0.3) is 0 Å². The van der Waals surface area contributed by atoms with Crippen LogP contribution in [-0.4, -0.2) is 12.1 Å². The molecule has 0 aliphatic heterocycles. The number of pyridine rings is 1. The molecular formula is C12H11ClN2OS. The van der Waals surface area contributed by atoms with Crippen LogP contribution >= 0.6 is 23.4 Å². The molecule has 17 heavy (non-hydrogen) atoms. The SMILES string of the molecule is COc1cc(N)cc(Sc2ccc(Cl)cn2)c1. The number of hydrogen-bond donors (Lipinski definition) is 1. The van der Waals surface area contributed by atoms with E-state index in [-0.39, 0.29) is 0 Å². The van der Waals surface area contributed by atoms with Crippen LogP contribution < -0.4 is 10.5 Å².